The molecule has 1 heterocycles. The van der Waals surface area contributed by atoms with Crippen molar-refractivity contribution in [3.63, 3.8) is 0 Å². The van der Waals surface area contributed by atoms with Crippen LogP contribution in [0.1, 0.15) is 65.2 Å². The SMILES string of the molecule is CCCCCC(=O)OCC(CO)N(CCCN1CCCC1)C(=O)CC. The molecule has 1 aliphatic rings. The molecular formula is C19H36N2O4. The summed E-state index contributed by atoms with van der Waals surface area (Å²) in [6.45, 7) is 7.66. The van der Waals surface area contributed by atoms with Gasteiger partial charge in [0.05, 0.1) is 12.6 Å². The molecule has 1 atom stereocenters. The molecule has 0 aromatic heterocycles. The first-order valence-electron chi connectivity index (χ1n) is 9.90. The highest BCUT2D eigenvalue weighted by Gasteiger charge is 2.23. The first-order valence-corrected chi connectivity index (χ1v) is 9.90. The highest BCUT2D eigenvalue weighted by molar-refractivity contribution is 5.76. The van der Waals surface area contributed by atoms with Gasteiger partial charge in [-0.1, -0.05) is 26.7 Å². The summed E-state index contributed by atoms with van der Waals surface area (Å²) in [6.07, 6.45) is 7.08. The monoisotopic (exact) mass is 356 g/mol. The fourth-order valence-corrected chi connectivity index (χ4v) is 3.21. The lowest BCUT2D eigenvalue weighted by Crippen LogP contribution is -2.46. The van der Waals surface area contributed by atoms with Crippen LogP contribution in [0, 0.1) is 0 Å². The van der Waals surface area contributed by atoms with Crippen molar-refractivity contribution < 1.29 is 19.4 Å². The second kappa shape index (κ2) is 13.1. The van der Waals surface area contributed by atoms with E-state index in [0.717, 1.165) is 45.3 Å². The average Bonchev–Trinajstić information content (AvgIpc) is 3.13. The van der Waals surface area contributed by atoms with Gasteiger partial charge in [-0.25, -0.2) is 0 Å². The minimum Gasteiger partial charge on any atom is -0.463 e. The molecule has 0 aliphatic carbocycles. The highest BCUT2D eigenvalue weighted by atomic mass is 16.5. The third-order valence-electron chi connectivity index (χ3n) is 4.77. The van der Waals surface area contributed by atoms with Crippen molar-refractivity contribution in [3.8, 4) is 0 Å². The van der Waals surface area contributed by atoms with Crippen LogP contribution in [0.15, 0.2) is 0 Å². The minimum absolute atomic E-state index is 0.00232. The lowest BCUT2D eigenvalue weighted by Gasteiger charge is -2.30. The van der Waals surface area contributed by atoms with Crippen molar-refractivity contribution in [1.29, 1.82) is 0 Å². The van der Waals surface area contributed by atoms with Gasteiger partial charge in [-0.3, -0.25) is 9.59 Å². The third kappa shape index (κ3) is 8.68. The Balaban J connectivity index is 2.43. The van der Waals surface area contributed by atoms with Crippen molar-refractivity contribution in [2.24, 2.45) is 0 Å². The van der Waals surface area contributed by atoms with Gasteiger partial charge in [0.1, 0.15) is 6.61 Å². The topological polar surface area (TPSA) is 70.1 Å². The van der Waals surface area contributed by atoms with E-state index in [-0.39, 0.29) is 25.1 Å². The Morgan fingerprint density at radius 2 is 1.88 bits per heavy atom. The van der Waals surface area contributed by atoms with Gasteiger partial charge in [-0.2, -0.15) is 0 Å². The predicted octanol–water partition coefficient (Wildman–Crippen LogP) is 2.20. The number of hydrogen-bond donors (Lipinski definition) is 1. The summed E-state index contributed by atoms with van der Waals surface area (Å²) in [4.78, 5) is 28.1. The zero-order chi connectivity index (χ0) is 18.5. The molecule has 1 fully saturated rings. The van der Waals surface area contributed by atoms with Gasteiger partial charge < -0.3 is 19.6 Å². The first kappa shape index (κ1) is 21.9. The Bertz CT molecular complexity index is 384. The third-order valence-corrected chi connectivity index (χ3v) is 4.77. The van der Waals surface area contributed by atoms with E-state index in [2.05, 4.69) is 11.8 Å². The van der Waals surface area contributed by atoms with Crippen LogP contribution in [0.3, 0.4) is 0 Å². The molecule has 0 saturated carbocycles. The lowest BCUT2D eigenvalue weighted by molar-refractivity contribution is -0.149. The Morgan fingerprint density at radius 3 is 2.48 bits per heavy atom. The molecule has 1 aliphatic heterocycles. The van der Waals surface area contributed by atoms with Crippen LogP contribution in [-0.4, -0.2) is 72.2 Å². The van der Waals surface area contributed by atoms with Gasteiger partial charge in [0, 0.05) is 19.4 Å². The Hall–Kier alpha value is -1.14. The predicted molar refractivity (Wildman–Crippen MR) is 98.3 cm³/mol. The van der Waals surface area contributed by atoms with Crippen LogP contribution in [0.5, 0.6) is 0 Å². The maximum atomic E-state index is 12.3. The molecular weight excluding hydrogens is 320 g/mol. The van der Waals surface area contributed by atoms with Crippen LogP contribution >= 0.6 is 0 Å². The standard InChI is InChI=1S/C19H36N2O4/c1-3-5-6-10-19(24)25-16-17(15-22)21(18(23)4-2)14-9-13-20-11-7-8-12-20/h17,22H,3-16H2,1-2H3. The van der Waals surface area contributed by atoms with Crippen LogP contribution in [-0.2, 0) is 14.3 Å². The van der Waals surface area contributed by atoms with E-state index in [1.54, 1.807) is 4.90 Å². The number of carbonyl (C=O) groups is 2. The number of carbonyl (C=O) groups excluding carboxylic acids is 2. The lowest BCUT2D eigenvalue weighted by atomic mass is 10.2. The van der Waals surface area contributed by atoms with Crippen LogP contribution in [0.4, 0.5) is 0 Å². The molecule has 1 rings (SSSR count). The van der Waals surface area contributed by atoms with Crippen molar-refractivity contribution in [2.45, 2.75) is 71.3 Å². The normalized spacial score (nSPS) is 16.0. The summed E-state index contributed by atoms with van der Waals surface area (Å²) in [6, 6.07) is -0.443. The largest absolute Gasteiger partial charge is 0.463 e. The van der Waals surface area contributed by atoms with E-state index < -0.39 is 6.04 Å². The molecule has 146 valence electrons. The molecule has 1 saturated heterocycles. The van der Waals surface area contributed by atoms with Crippen LogP contribution in [0.25, 0.3) is 0 Å². The van der Waals surface area contributed by atoms with Crippen molar-refractivity contribution in [2.75, 3.05) is 39.4 Å². The number of aliphatic hydroxyl groups excluding tert-OH is 1. The quantitative estimate of drug-likeness (QED) is 0.405. The van der Waals surface area contributed by atoms with E-state index in [4.69, 9.17) is 4.74 Å². The van der Waals surface area contributed by atoms with Gasteiger partial charge in [0.2, 0.25) is 5.91 Å². The van der Waals surface area contributed by atoms with Gasteiger partial charge in [-0.05, 0) is 45.3 Å². The van der Waals surface area contributed by atoms with Gasteiger partial charge in [-0.15, -0.1) is 0 Å². The maximum absolute atomic E-state index is 12.3. The van der Waals surface area contributed by atoms with Crippen LogP contribution in [0.2, 0.25) is 0 Å². The van der Waals surface area contributed by atoms with Crippen molar-refractivity contribution in [1.82, 2.24) is 9.80 Å². The summed E-state index contributed by atoms with van der Waals surface area (Å²) in [7, 11) is 0. The fraction of sp³-hybridized carbons (Fsp3) is 0.895. The smallest absolute Gasteiger partial charge is 0.305 e. The van der Waals surface area contributed by atoms with Gasteiger partial charge >= 0.3 is 5.97 Å². The molecule has 1 amide bonds. The summed E-state index contributed by atoms with van der Waals surface area (Å²) in [5.41, 5.74) is 0. The maximum Gasteiger partial charge on any atom is 0.305 e. The molecule has 0 radical (unpaired) electrons. The molecule has 0 spiro atoms. The highest BCUT2D eigenvalue weighted by Crippen LogP contribution is 2.10. The minimum atomic E-state index is -0.443. The second-order valence-corrected chi connectivity index (χ2v) is 6.82. The number of unbranched alkanes of at least 4 members (excludes halogenated alkanes) is 2. The van der Waals surface area contributed by atoms with E-state index in [1.165, 1.54) is 12.8 Å². The number of hydrogen-bond acceptors (Lipinski definition) is 5. The first-order chi connectivity index (χ1) is 12.1. The van der Waals surface area contributed by atoms with E-state index in [9.17, 15) is 14.7 Å². The van der Waals surface area contributed by atoms with Crippen molar-refractivity contribution in [3.05, 3.63) is 0 Å². The van der Waals surface area contributed by atoms with Crippen molar-refractivity contribution >= 4 is 11.9 Å². The fourth-order valence-electron chi connectivity index (χ4n) is 3.21. The zero-order valence-electron chi connectivity index (χ0n) is 16.0. The molecule has 0 bridgehead atoms. The summed E-state index contributed by atoms with van der Waals surface area (Å²) < 4.78 is 5.29. The summed E-state index contributed by atoms with van der Waals surface area (Å²) in [5, 5.41) is 9.68. The number of amides is 1. The number of ether oxygens (including phenoxy) is 1. The number of aliphatic hydroxyl groups is 1. The Morgan fingerprint density at radius 1 is 1.16 bits per heavy atom. The number of esters is 1. The van der Waals surface area contributed by atoms with E-state index in [1.807, 2.05) is 6.92 Å². The van der Waals surface area contributed by atoms with E-state index >= 15 is 0 Å². The Kier molecular flexibility index (Phi) is 11.5. The van der Waals surface area contributed by atoms with Gasteiger partial charge in [0.15, 0.2) is 0 Å². The molecule has 0 aromatic carbocycles. The molecule has 1 N–H and O–H groups in total. The molecule has 25 heavy (non-hydrogen) atoms. The number of rotatable bonds is 13. The molecule has 6 heteroatoms. The van der Waals surface area contributed by atoms with Gasteiger partial charge in [0.25, 0.3) is 0 Å². The van der Waals surface area contributed by atoms with E-state index in [0.29, 0.717) is 19.4 Å². The number of nitrogens with zero attached hydrogens (tertiary/aromatic N) is 2. The summed E-state index contributed by atoms with van der Waals surface area (Å²) >= 11 is 0. The average molecular weight is 357 g/mol. The zero-order valence-corrected chi connectivity index (χ0v) is 16.0. The Labute approximate surface area is 152 Å². The molecule has 0 aromatic rings. The van der Waals surface area contributed by atoms with Crippen LogP contribution < -0.4 is 0 Å². The second-order valence-electron chi connectivity index (χ2n) is 6.82. The number of likely N-dealkylation sites (tertiary alicyclic amines) is 1. The summed E-state index contributed by atoms with van der Waals surface area (Å²) in [5.74, 6) is -0.240. The molecule has 6 nitrogen and oxygen atoms in total. The molecule has 1 unspecified atom stereocenters.